The van der Waals surface area contributed by atoms with Gasteiger partial charge >= 0.3 is 0 Å². The molecule has 0 amide bonds. The van der Waals surface area contributed by atoms with Crippen molar-refractivity contribution in [3.63, 3.8) is 0 Å². The molecule has 1 aromatic carbocycles. The molecule has 20 heavy (non-hydrogen) atoms. The minimum Gasteiger partial charge on any atom is -0.398 e. The Kier molecular flexibility index (Phi) is 3.80. The third-order valence-corrected chi connectivity index (χ3v) is 4.64. The molecule has 2 N–H and O–H groups in total. The molecule has 0 spiro atoms. The largest absolute Gasteiger partial charge is 0.398 e. The molecule has 0 atom stereocenters. The highest BCUT2D eigenvalue weighted by molar-refractivity contribution is 7.90. The monoisotopic (exact) mass is 294 g/mol. The molecule has 0 aliphatic carbocycles. The molecule has 6 nitrogen and oxygen atoms in total. The number of nitrogens with zero attached hydrogens (tertiary/aromatic N) is 3. The van der Waals surface area contributed by atoms with Gasteiger partial charge in [0.2, 0.25) is 0 Å². The maximum Gasteiger partial charge on any atom is 0.187 e. The van der Waals surface area contributed by atoms with E-state index in [4.69, 9.17) is 5.73 Å². The topological polar surface area (TPSA) is 90.9 Å². The molecule has 0 saturated heterocycles. The maximum atomic E-state index is 12.4. The van der Waals surface area contributed by atoms with E-state index in [2.05, 4.69) is 10.1 Å². The van der Waals surface area contributed by atoms with E-state index < -0.39 is 9.84 Å². The summed E-state index contributed by atoms with van der Waals surface area (Å²) in [5.41, 5.74) is 7.00. The first kappa shape index (κ1) is 14.5. The lowest BCUT2D eigenvalue weighted by molar-refractivity contribution is 0.510. The molecular formula is C13H18N4O2S. The molecular weight excluding hydrogens is 276 g/mol. The fraction of sp³-hybridized carbons (Fsp3) is 0.385. The van der Waals surface area contributed by atoms with Crippen molar-refractivity contribution in [2.75, 3.05) is 5.73 Å². The van der Waals surface area contributed by atoms with Crippen molar-refractivity contribution in [2.45, 2.75) is 37.5 Å². The van der Waals surface area contributed by atoms with E-state index in [-0.39, 0.29) is 22.4 Å². The summed E-state index contributed by atoms with van der Waals surface area (Å²) >= 11 is 0. The number of benzene rings is 1. The average Bonchev–Trinajstić information content (AvgIpc) is 2.75. The summed E-state index contributed by atoms with van der Waals surface area (Å²) in [5, 5.41) is 4.04. The summed E-state index contributed by atoms with van der Waals surface area (Å²) in [7, 11) is -3.54. The van der Waals surface area contributed by atoms with Crippen LogP contribution in [0.3, 0.4) is 0 Å². The highest BCUT2D eigenvalue weighted by Gasteiger charge is 2.22. The highest BCUT2D eigenvalue weighted by atomic mass is 32.2. The zero-order chi connectivity index (χ0) is 14.9. The lowest BCUT2D eigenvalue weighted by atomic mass is 10.2. The molecule has 0 aliphatic rings. The van der Waals surface area contributed by atoms with Gasteiger partial charge in [-0.1, -0.05) is 6.07 Å². The Morgan fingerprint density at radius 3 is 2.65 bits per heavy atom. The Morgan fingerprint density at radius 2 is 2.05 bits per heavy atom. The lowest BCUT2D eigenvalue weighted by Gasteiger charge is -2.11. The quantitative estimate of drug-likeness (QED) is 0.867. The van der Waals surface area contributed by atoms with Crippen LogP contribution in [0.2, 0.25) is 0 Å². The molecule has 1 aromatic heterocycles. The first-order valence-corrected chi connectivity index (χ1v) is 7.94. The first-order valence-electron chi connectivity index (χ1n) is 6.28. The Hall–Kier alpha value is -1.89. The number of nitrogen functional groups attached to an aromatic ring is 1. The Morgan fingerprint density at radius 1 is 1.35 bits per heavy atom. The van der Waals surface area contributed by atoms with Gasteiger partial charge in [0.1, 0.15) is 17.9 Å². The fourth-order valence-corrected chi connectivity index (χ4v) is 3.40. The smallest absolute Gasteiger partial charge is 0.187 e. The van der Waals surface area contributed by atoms with Gasteiger partial charge in [0.25, 0.3) is 0 Å². The van der Waals surface area contributed by atoms with E-state index in [9.17, 15) is 8.42 Å². The molecule has 1 heterocycles. The Bertz CT molecular complexity index is 720. The molecule has 0 saturated carbocycles. The van der Waals surface area contributed by atoms with Gasteiger partial charge in [-0.05, 0) is 38.5 Å². The summed E-state index contributed by atoms with van der Waals surface area (Å²) in [5.74, 6) is 0.207. The normalized spacial score (nSPS) is 12.0. The molecule has 0 radical (unpaired) electrons. The van der Waals surface area contributed by atoms with Gasteiger partial charge in [-0.3, -0.25) is 0 Å². The van der Waals surface area contributed by atoms with Gasteiger partial charge in [0.05, 0.1) is 10.6 Å². The number of hydrogen-bond acceptors (Lipinski definition) is 5. The van der Waals surface area contributed by atoms with Crippen LogP contribution in [0.4, 0.5) is 5.69 Å². The van der Waals surface area contributed by atoms with Crippen molar-refractivity contribution in [1.82, 2.24) is 14.8 Å². The number of rotatable bonds is 4. The third-order valence-electron chi connectivity index (χ3n) is 2.96. The molecule has 0 unspecified atom stereocenters. The average molecular weight is 294 g/mol. The van der Waals surface area contributed by atoms with E-state index >= 15 is 0 Å². The Balaban J connectivity index is 2.38. The zero-order valence-electron chi connectivity index (χ0n) is 11.7. The fourth-order valence-electron chi connectivity index (χ4n) is 2.01. The van der Waals surface area contributed by atoms with Crippen molar-refractivity contribution >= 4 is 15.5 Å². The molecule has 7 heteroatoms. The van der Waals surface area contributed by atoms with Crippen molar-refractivity contribution in [3.05, 3.63) is 35.9 Å². The van der Waals surface area contributed by atoms with Crippen molar-refractivity contribution in [3.8, 4) is 0 Å². The van der Waals surface area contributed by atoms with Gasteiger partial charge in [-0.25, -0.2) is 18.1 Å². The second-order valence-electron chi connectivity index (χ2n) is 5.01. The predicted molar refractivity (Wildman–Crippen MR) is 76.9 cm³/mol. The lowest BCUT2D eigenvalue weighted by Crippen LogP contribution is -2.14. The van der Waals surface area contributed by atoms with Crippen molar-refractivity contribution in [2.24, 2.45) is 0 Å². The van der Waals surface area contributed by atoms with E-state index in [0.29, 0.717) is 5.82 Å². The maximum absolute atomic E-state index is 12.4. The first-order chi connectivity index (χ1) is 9.31. The van der Waals surface area contributed by atoms with Gasteiger partial charge < -0.3 is 5.73 Å². The number of aryl methyl sites for hydroxylation is 1. The van der Waals surface area contributed by atoms with Gasteiger partial charge in [0.15, 0.2) is 9.84 Å². The predicted octanol–water partition coefficient (Wildman–Crippen LogP) is 1.72. The van der Waals surface area contributed by atoms with Gasteiger partial charge in [-0.15, -0.1) is 0 Å². The SMILES string of the molecule is Cc1ccc(S(=O)(=O)Cc2ncnn2C(C)C)c(N)c1. The van der Waals surface area contributed by atoms with Crippen LogP contribution < -0.4 is 5.73 Å². The van der Waals surface area contributed by atoms with Crippen LogP contribution in [-0.4, -0.2) is 23.2 Å². The van der Waals surface area contributed by atoms with Crippen LogP contribution in [0, 0.1) is 6.92 Å². The molecule has 0 aliphatic heterocycles. The number of aromatic nitrogens is 3. The van der Waals surface area contributed by atoms with Crippen LogP contribution >= 0.6 is 0 Å². The number of anilines is 1. The highest BCUT2D eigenvalue weighted by Crippen LogP contribution is 2.23. The molecule has 2 aromatic rings. The minimum absolute atomic E-state index is 0.0538. The summed E-state index contributed by atoms with van der Waals surface area (Å²) < 4.78 is 26.5. The van der Waals surface area contributed by atoms with Crippen LogP contribution in [0.1, 0.15) is 31.3 Å². The van der Waals surface area contributed by atoms with E-state index in [1.54, 1.807) is 16.8 Å². The molecule has 0 bridgehead atoms. The van der Waals surface area contributed by atoms with Gasteiger partial charge in [0, 0.05) is 6.04 Å². The number of nitrogens with two attached hydrogens (primary N) is 1. The summed E-state index contributed by atoms with van der Waals surface area (Å²) in [6.07, 6.45) is 1.36. The van der Waals surface area contributed by atoms with Crippen LogP contribution in [0.25, 0.3) is 0 Å². The minimum atomic E-state index is -3.54. The van der Waals surface area contributed by atoms with Crippen LogP contribution in [0.15, 0.2) is 29.4 Å². The second-order valence-corrected chi connectivity index (χ2v) is 6.97. The number of sulfone groups is 1. The van der Waals surface area contributed by atoms with E-state index in [0.717, 1.165) is 5.56 Å². The standard InChI is InChI=1S/C13H18N4O2S/c1-9(2)17-13(15-8-16-17)7-20(18,19)12-5-4-10(3)6-11(12)14/h4-6,8-9H,7,14H2,1-3H3. The molecule has 2 rings (SSSR count). The zero-order valence-corrected chi connectivity index (χ0v) is 12.6. The van der Waals surface area contributed by atoms with Crippen LogP contribution in [-0.2, 0) is 15.6 Å². The molecule has 108 valence electrons. The summed E-state index contributed by atoms with van der Waals surface area (Å²) in [4.78, 5) is 4.17. The number of hydrogen-bond donors (Lipinski definition) is 1. The van der Waals surface area contributed by atoms with Crippen molar-refractivity contribution in [1.29, 1.82) is 0 Å². The van der Waals surface area contributed by atoms with Crippen LogP contribution in [0.5, 0.6) is 0 Å². The van der Waals surface area contributed by atoms with E-state index in [1.165, 1.54) is 12.4 Å². The second kappa shape index (κ2) is 5.24. The molecule has 0 fully saturated rings. The summed E-state index contributed by atoms with van der Waals surface area (Å²) in [6, 6.07) is 4.98. The van der Waals surface area contributed by atoms with Crippen molar-refractivity contribution < 1.29 is 8.42 Å². The van der Waals surface area contributed by atoms with Gasteiger partial charge in [-0.2, -0.15) is 5.10 Å². The third kappa shape index (κ3) is 2.82. The summed E-state index contributed by atoms with van der Waals surface area (Å²) in [6.45, 7) is 5.71. The Labute approximate surface area is 118 Å². The van der Waals surface area contributed by atoms with E-state index in [1.807, 2.05) is 20.8 Å².